The van der Waals surface area contributed by atoms with E-state index in [1.54, 1.807) is 7.11 Å². The van der Waals surface area contributed by atoms with E-state index in [1.165, 1.54) is 28.2 Å². The van der Waals surface area contributed by atoms with Gasteiger partial charge in [0.2, 0.25) is 0 Å². The highest BCUT2D eigenvalue weighted by atomic mass is 32.1. The summed E-state index contributed by atoms with van der Waals surface area (Å²) in [6, 6.07) is 17.1. The molecule has 1 N–H and O–H groups in total. The van der Waals surface area contributed by atoms with Crippen molar-refractivity contribution in [3.8, 4) is 5.69 Å². The highest BCUT2D eigenvalue weighted by Crippen LogP contribution is 2.41. The molecule has 162 valence electrons. The lowest BCUT2D eigenvalue weighted by molar-refractivity contribution is 0.180. The van der Waals surface area contributed by atoms with Gasteiger partial charge in [0.05, 0.1) is 17.8 Å². The molecule has 0 bridgehead atoms. The second kappa shape index (κ2) is 9.20. The first-order valence-corrected chi connectivity index (χ1v) is 11.1. The van der Waals surface area contributed by atoms with Crippen LogP contribution in [0, 0.1) is 20.8 Å². The lowest BCUT2D eigenvalue weighted by Gasteiger charge is -2.28. The van der Waals surface area contributed by atoms with Gasteiger partial charge in [0.15, 0.2) is 5.11 Å². The van der Waals surface area contributed by atoms with E-state index in [0.717, 1.165) is 23.8 Å². The average Bonchev–Trinajstić information content (AvgIpc) is 3.25. The Balaban J connectivity index is 1.78. The van der Waals surface area contributed by atoms with E-state index in [2.05, 4.69) is 76.9 Å². The number of nitrogens with zero attached hydrogens (tertiary/aromatic N) is 3. The molecule has 31 heavy (non-hydrogen) atoms. The molecule has 5 nitrogen and oxygen atoms in total. The Morgan fingerprint density at radius 1 is 1.10 bits per heavy atom. The Hall–Kier alpha value is -2.70. The lowest BCUT2D eigenvalue weighted by atomic mass is 9.96. The topological polar surface area (TPSA) is 42.3 Å². The number of benzene rings is 1. The number of pyridine rings is 1. The normalized spacial score (nSPS) is 18.5. The van der Waals surface area contributed by atoms with Crippen molar-refractivity contribution >= 4 is 17.3 Å². The van der Waals surface area contributed by atoms with Gasteiger partial charge in [0, 0.05) is 43.5 Å². The van der Waals surface area contributed by atoms with Crippen LogP contribution >= 0.6 is 12.2 Å². The second-order valence-electron chi connectivity index (χ2n) is 8.16. The van der Waals surface area contributed by atoms with Gasteiger partial charge in [-0.3, -0.25) is 4.98 Å². The van der Waals surface area contributed by atoms with Gasteiger partial charge in [-0.15, -0.1) is 0 Å². The number of ether oxygens (including phenoxy) is 1. The van der Waals surface area contributed by atoms with Gasteiger partial charge in [-0.05, 0) is 75.3 Å². The molecule has 1 aliphatic heterocycles. The summed E-state index contributed by atoms with van der Waals surface area (Å²) in [7, 11) is 1.74. The first kappa shape index (κ1) is 21.5. The van der Waals surface area contributed by atoms with E-state index in [0.29, 0.717) is 6.61 Å². The number of hydrogen-bond acceptors (Lipinski definition) is 3. The number of nitrogens with one attached hydrogen (secondary N) is 1. The SMILES string of the molecule is COCCCN1C(=S)N[C@@H](c2ccccn2)[C@@H]1c1cc(C)n(-c2ccc(C)cc2)c1C. The molecule has 0 amide bonds. The molecule has 3 aromatic rings. The highest BCUT2D eigenvalue weighted by molar-refractivity contribution is 7.80. The zero-order valence-corrected chi connectivity index (χ0v) is 19.4. The fourth-order valence-corrected chi connectivity index (χ4v) is 4.87. The largest absolute Gasteiger partial charge is 0.385 e. The Labute approximate surface area is 190 Å². The van der Waals surface area contributed by atoms with E-state index in [4.69, 9.17) is 17.0 Å². The van der Waals surface area contributed by atoms with Crippen LogP contribution < -0.4 is 5.32 Å². The van der Waals surface area contributed by atoms with E-state index in [-0.39, 0.29) is 12.1 Å². The number of aryl methyl sites for hydroxylation is 2. The predicted molar refractivity (Wildman–Crippen MR) is 129 cm³/mol. The van der Waals surface area contributed by atoms with E-state index >= 15 is 0 Å². The molecule has 0 spiro atoms. The zero-order valence-electron chi connectivity index (χ0n) is 18.6. The summed E-state index contributed by atoms with van der Waals surface area (Å²) >= 11 is 5.77. The second-order valence-corrected chi connectivity index (χ2v) is 8.55. The molecule has 1 aromatic carbocycles. The summed E-state index contributed by atoms with van der Waals surface area (Å²) < 4.78 is 7.63. The number of thiocarbonyl (C=S) groups is 1. The molecule has 0 radical (unpaired) electrons. The smallest absolute Gasteiger partial charge is 0.170 e. The van der Waals surface area contributed by atoms with Crippen LogP contribution in [0.2, 0.25) is 0 Å². The summed E-state index contributed by atoms with van der Waals surface area (Å²) in [6.45, 7) is 8.03. The third-order valence-electron chi connectivity index (χ3n) is 6.03. The zero-order chi connectivity index (χ0) is 22.0. The number of rotatable bonds is 7. The molecule has 1 fully saturated rings. The minimum atomic E-state index is 0.00297. The van der Waals surface area contributed by atoms with Gasteiger partial charge >= 0.3 is 0 Å². The fourth-order valence-electron chi connectivity index (χ4n) is 4.54. The Bertz CT molecular complexity index is 1050. The molecule has 2 aromatic heterocycles. The van der Waals surface area contributed by atoms with Gasteiger partial charge in [-0.25, -0.2) is 0 Å². The van der Waals surface area contributed by atoms with Gasteiger partial charge in [-0.1, -0.05) is 23.8 Å². The minimum absolute atomic E-state index is 0.00297. The van der Waals surface area contributed by atoms with Gasteiger partial charge in [0.1, 0.15) is 0 Å². The molecule has 0 aliphatic carbocycles. The predicted octanol–water partition coefficient (Wildman–Crippen LogP) is 4.81. The van der Waals surface area contributed by atoms with Crippen LogP contribution in [0.3, 0.4) is 0 Å². The van der Waals surface area contributed by atoms with E-state index < -0.39 is 0 Å². The third-order valence-corrected chi connectivity index (χ3v) is 6.38. The van der Waals surface area contributed by atoms with E-state index in [9.17, 15) is 0 Å². The molecule has 1 saturated heterocycles. The average molecular weight is 435 g/mol. The van der Waals surface area contributed by atoms with Crippen molar-refractivity contribution in [1.29, 1.82) is 0 Å². The number of aromatic nitrogens is 2. The van der Waals surface area contributed by atoms with E-state index in [1.807, 2.05) is 18.3 Å². The van der Waals surface area contributed by atoms with Crippen molar-refractivity contribution in [3.63, 3.8) is 0 Å². The van der Waals surface area contributed by atoms with Gasteiger partial charge in [-0.2, -0.15) is 0 Å². The first-order valence-electron chi connectivity index (χ1n) is 10.7. The molecule has 0 unspecified atom stereocenters. The number of hydrogen-bond donors (Lipinski definition) is 1. The summed E-state index contributed by atoms with van der Waals surface area (Å²) in [5.74, 6) is 0. The third kappa shape index (κ3) is 4.23. The van der Waals surface area contributed by atoms with Crippen LogP contribution in [0.15, 0.2) is 54.7 Å². The summed E-state index contributed by atoms with van der Waals surface area (Å²) in [6.07, 6.45) is 2.76. The quantitative estimate of drug-likeness (QED) is 0.427. The first-order chi connectivity index (χ1) is 15.0. The summed E-state index contributed by atoms with van der Waals surface area (Å²) in [4.78, 5) is 6.95. The minimum Gasteiger partial charge on any atom is -0.385 e. The molecule has 4 rings (SSSR count). The molecule has 0 saturated carbocycles. The molecule has 6 heteroatoms. The van der Waals surface area contributed by atoms with Crippen molar-refractivity contribution in [2.24, 2.45) is 0 Å². The van der Waals surface area contributed by atoms with Crippen molar-refractivity contribution in [2.45, 2.75) is 39.3 Å². The van der Waals surface area contributed by atoms with Crippen molar-refractivity contribution < 1.29 is 4.74 Å². The van der Waals surface area contributed by atoms with Crippen LogP contribution in [0.25, 0.3) is 5.69 Å². The molecule has 1 aliphatic rings. The molecule has 2 atom stereocenters. The number of methoxy groups -OCH3 is 1. The van der Waals surface area contributed by atoms with Crippen molar-refractivity contribution in [3.05, 3.63) is 82.9 Å². The maximum atomic E-state index is 5.77. The Kier molecular flexibility index (Phi) is 6.39. The summed E-state index contributed by atoms with van der Waals surface area (Å²) in [5.41, 5.74) is 7.17. The lowest BCUT2D eigenvalue weighted by Crippen LogP contribution is -2.31. The monoisotopic (exact) mass is 434 g/mol. The Morgan fingerprint density at radius 3 is 2.55 bits per heavy atom. The van der Waals surface area contributed by atoms with Crippen LogP contribution in [0.1, 0.15) is 46.7 Å². The van der Waals surface area contributed by atoms with Crippen LogP contribution in [0.4, 0.5) is 0 Å². The van der Waals surface area contributed by atoms with Gasteiger partial charge < -0.3 is 19.5 Å². The molecule has 3 heterocycles. The van der Waals surface area contributed by atoms with Gasteiger partial charge in [0.25, 0.3) is 0 Å². The maximum absolute atomic E-state index is 5.77. The highest BCUT2D eigenvalue weighted by Gasteiger charge is 2.41. The fraction of sp³-hybridized carbons (Fsp3) is 0.360. The molecular formula is C25H30N4OS. The maximum Gasteiger partial charge on any atom is 0.170 e. The van der Waals surface area contributed by atoms with Crippen molar-refractivity contribution in [2.75, 3.05) is 20.3 Å². The van der Waals surface area contributed by atoms with Crippen LogP contribution in [-0.2, 0) is 4.74 Å². The Morgan fingerprint density at radius 2 is 1.87 bits per heavy atom. The van der Waals surface area contributed by atoms with Crippen LogP contribution in [0.5, 0.6) is 0 Å². The van der Waals surface area contributed by atoms with Crippen molar-refractivity contribution in [1.82, 2.24) is 19.8 Å². The standard InChI is InChI=1S/C25H30N4OS/c1-17-9-11-20(12-10-17)29-18(2)16-21(19(29)3)24-23(22-8-5-6-13-26-22)27-25(31)28(24)14-7-15-30-4/h5-6,8-13,16,23-24H,7,14-15H2,1-4H3,(H,27,31)/t23-,24-/m0/s1. The molecular weight excluding hydrogens is 404 g/mol. The van der Waals surface area contributed by atoms with Crippen LogP contribution in [-0.4, -0.2) is 39.8 Å². The summed E-state index contributed by atoms with van der Waals surface area (Å²) in [5, 5.41) is 4.32.